The number of carbonyl (C=O) groups excluding carboxylic acids is 1. The molecular formula is C37H30FN3O4. The maximum atomic E-state index is 14.3. The lowest BCUT2D eigenvalue weighted by molar-refractivity contribution is 0.0129. The number of fused-ring (bicyclic) bond motifs is 2. The Morgan fingerprint density at radius 2 is 1.38 bits per heavy atom. The van der Waals surface area contributed by atoms with Gasteiger partial charge in [-0.3, -0.25) is 4.79 Å². The summed E-state index contributed by atoms with van der Waals surface area (Å²) in [6, 6.07) is 35.3. The normalized spacial score (nSPS) is 14.3. The quantitative estimate of drug-likeness (QED) is 0.193. The van der Waals surface area contributed by atoms with Crippen LogP contribution >= 0.6 is 0 Å². The molecular weight excluding hydrogens is 569 g/mol. The van der Waals surface area contributed by atoms with E-state index in [9.17, 15) is 14.3 Å². The summed E-state index contributed by atoms with van der Waals surface area (Å²) in [6.45, 7) is 0.538. The van der Waals surface area contributed by atoms with E-state index in [0.717, 1.165) is 16.7 Å². The maximum absolute atomic E-state index is 14.3. The molecule has 1 aliphatic heterocycles. The van der Waals surface area contributed by atoms with Crippen molar-refractivity contribution in [2.75, 3.05) is 7.11 Å². The number of rotatable bonds is 9. The molecule has 0 radical (unpaired) electrons. The van der Waals surface area contributed by atoms with Gasteiger partial charge in [0.2, 0.25) is 0 Å². The van der Waals surface area contributed by atoms with Crippen molar-refractivity contribution in [3.63, 3.8) is 0 Å². The van der Waals surface area contributed by atoms with Crippen molar-refractivity contribution in [2.24, 2.45) is 0 Å². The highest BCUT2D eigenvalue weighted by Crippen LogP contribution is 2.50. The predicted molar refractivity (Wildman–Crippen MR) is 168 cm³/mol. The van der Waals surface area contributed by atoms with E-state index in [2.05, 4.69) is 0 Å². The van der Waals surface area contributed by atoms with Crippen LogP contribution in [0.1, 0.15) is 50.5 Å². The number of aromatic nitrogens is 2. The highest BCUT2D eigenvalue weighted by molar-refractivity contribution is 6.09. The molecule has 5 aromatic carbocycles. The number of imidazole rings is 1. The van der Waals surface area contributed by atoms with Crippen LogP contribution in [0.2, 0.25) is 0 Å². The topological polar surface area (TPSA) is 76.8 Å². The summed E-state index contributed by atoms with van der Waals surface area (Å²) in [5, 5.41) is 11.8. The summed E-state index contributed by atoms with van der Waals surface area (Å²) in [7, 11) is 1.52. The van der Waals surface area contributed by atoms with Crippen LogP contribution in [0.25, 0.3) is 11.0 Å². The number of benzene rings is 5. The number of aliphatic hydroxyl groups is 1. The smallest absolute Gasteiger partial charge is 0.260 e. The van der Waals surface area contributed by atoms with Crippen molar-refractivity contribution in [1.82, 2.24) is 14.5 Å². The summed E-state index contributed by atoms with van der Waals surface area (Å²) in [5.41, 5.74) is 5.03. The molecule has 0 aliphatic carbocycles. The molecule has 6 aromatic rings. The fraction of sp³-hybridized carbons (Fsp3) is 0.135. The van der Waals surface area contributed by atoms with E-state index < -0.39 is 18.2 Å². The Labute approximate surface area is 259 Å². The monoisotopic (exact) mass is 599 g/mol. The van der Waals surface area contributed by atoms with Crippen molar-refractivity contribution >= 4 is 16.9 Å². The molecule has 0 saturated heterocycles. The van der Waals surface area contributed by atoms with Gasteiger partial charge < -0.3 is 24.0 Å². The lowest BCUT2D eigenvalue weighted by atomic mass is 10.00. The lowest BCUT2D eigenvalue weighted by Gasteiger charge is -2.23. The fourth-order valence-electron chi connectivity index (χ4n) is 6.01. The molecule has 1 N–H and O–H groups in total. The maximum Gasteiger partial charge on any atom is 0.260 e. The largest absolute Gasteiger partial charge is 0.494 e. The summed E-state index contributed by atoms with van der Waals surface area (Å²) in [4.78, 5) is 20.4. The molecule has 0 fully saturated rings. The minimum absolute atomic E-state index is 0.0556. The second kappa shape index (κ2) is 11.9. The van der Waals surface area contributed by atoms with Gasteiger partial charge in [-0.15, -0.1) is 0 Å². The van der Waals surface area contributed by atoms with Crippen LogP contribution in [0.15, 0.2) is 122 Å². The zero-order chi connectivity index (χ0) is 30.9. The molecule has 0 saturated carbocycles. The average Bonchev–Trinajstić information content (AvgIpc) is 3.60. The molecule has 0 spiro atoms. The molecule has 1 aromatic heterocycles. The fourth-order valence-corrected chi connectivity index (χ4v) is 6.01. The van der Waals surface area contributed by atoms with Crippen molar-refractivity contribution in [1.29, 1.82) is 0 Å². The highest BCUT2D eigenvalue weighted by Gasteiger charge is 2.44. The molecule has 1 aliphatic rings. The van der Waals surface area contributed by atoms with E-state index in [4.69, 9.17) is 14.5 Å². The van der Waals surface area contributed by atoms with Crippen LogP contribution in [-0.4, -0.2) is 32.6 Å². The van der Waals surface area contributed by atoms with Crippen LogP contribution in [0.5, 0.6) is 11.5 Å². The van der Waals surface area contributed by atoms with Crippen LogP contribution in [-0.2, 0) is 13.1 Å². The first kappa shape index (κ1) is 28.3. The number of hydrogen-bond donors (Lipinski definition) is 1. The third-order valence-electron chi connectivity index (χ3n) is 8.14. The Kier molecular flexibility index (Phi) is 7.49. The molecule has 1 unspecified atom stereocenters. The summed E-state index contributed by atoms with van der Waals surface area (Å²) >= 11 is 0. The number of ether oxygens (including phenoxy) is 2. The van der Waals surface area contributed by atoms with Gasteiger partial charge >= 0.3 is 0 Å². The standard InChI is InChI=1S/C37H30FN3O4/c1-44-35-30-29(36(42)41(37(30)43)22-25-17-19-28(38)20-18-25)34(31-32(35)40(23-39-31)21-24-11-5-2-6-12-24)45-33(26-13-7-3-8-14-26)27-15-9-4-10-16-27/h2-20,23,33,37,43H,21-22H2,1H3. The second-order valence-electron chi connectivity index (χ2n) is 11.0. The van der Waals surface area contributed by atoms with Crippen molar-refractivity contribution in [3.05, 3.63) is 161 Å². The zero-order valence-corrected chi connectivity index (χ0v) is 24.5. The van der Waals surface area contributed by atoms with Gasteiger partial charge in [0.15, 0.2) is 17.7 Å². The molecule has 1 amide bonds. The minimum Gasteiger partial charge on any atom is -0.494 e. The summed E-state index contributed by atoms with van der Waals surface area (Å²) in [6.07, 6.45) is -0.218. The van der Waals surface area contributed by atoms with Gasteiger partial charge in [0, 0.05) is 13.1 Å². The lowest BCUT2D eigenvalue weighted by Crippen LogP contribution is -2.27. The third kappa shape index (κ3) is 5.19. The first-order valence-corrected chi connectivity index (χ1v) is 14.7. The molecule has 2 heterocycles. The van der Waals surface area contributed by atoms with E-state index in [1.54, 1.807) is 18.5 Å². The summed E-state index contributed by atoms with van der Waals surface area (Å²) < 4.78 is 28.5. The van der Waals surface area contributed by atoms with Gasteiger partial charge in [-0.05, 0) is 34.4 Å². The molecule has 8 heteroatoms. The van der Waals surface area contributed by atoms with Crippen LogP contribution in [0.4, 0.5) is 4.39 Å². The number of nitrogens with zero attached hydrogens (tertiary/aromatic N) is 3. The first-order chi connectivity index (χ1) is 22.0. The minimum atomic E-state index is -1.34. The van der Waals surface area contributed by atoms with Crippen LogP contribution in [0, 0.1) is 5.82 Å². The first-order valence-electron chi connectivity index (χ1n) is 14.7. The summed E-state index contributed by atoms with van der Waals surface area (Å²) in [5.74, 6) is -0.210. The van der Waals surface area contributed by atoms with Gasteiger partial charge in [-0.2, -0.15) is 0 Å². The SMILES string of the molecule is COc1c2c(c(OC(c3ccccc3)c3ccccc3)c3ncn(Cc4ccccc4)c13)C(=O)N(Cc1ccc(F)cc1)C2O. The second-order valence-corrected chi connectivity index (χ2v) is 11.0. The number of carbonyl (C=O) groups is 1. The Morgan fingerprint density at radius 3 is 1.98 bits per heavy atom. The molecule has 7 rings (SSSR count). The van der Waals surface area contributed by atoms with Gasteiger partial charge in [-0.25, -0.2) is 9.37 Å². The van der Waals surface area contributed by atoms with Gasteiger partial charge in [-0.1, -0.05) is 103 Å². The third-order valence-corrected chi connectivity index (χ3v) is 8.14. The molecule has 0 bridgehead atoms. The van der Waals surface area contributed by atoms with Crippen LogP contribution in [0.3, 0.4) is 0 Å². The predicted octanol–water partition coefficient (Wildman–Crippen LogP) is 7.05. The number of methoxy groups -OCH3 is 1. The molecule has 224 valence electrons. The van der Waals surface area contributed by atoms with E-state index in [1.807, 2.05) is 95.6 Å². The number of aliphatic hydroxyl groups excluding tert-OH is 1. The molecule has 45 heavy (non-hydrogen) atoms. The zero-order valence-electron chi connectivity index (χ0n) is 24.5. The Bertz CT molecular complexity index is 1920. The average molecular weight is 600 g/mol. The van der Waals surface area contributed by atoms with Gasteiger partial charge in [0.1, 0.15) is 23.0 Å². The molecule has 1 atom stereocenters. The number of amides is 1. The Hall–Kier alpha value is -5.47. The van der Waals surface area contributed by atoms with Crippen molar-refractivity contribution < 1.29 is 23.8 Å². The number of hydrogen-bond acceptors (Lipinski definition) is 5. The van der Waals surface area contributed by atoms with E-state index in [0.29, 0.717) is 34.5 Å². The van der Waals surface area contributed by atoms with E-state index >= 15 is 0 Å². The van der Waals surface area contributed by atoms with Gasteiger partial charge in [0.25, 0.3) is 5.91 Å². The van der Waals surface area contributed by atoms with Crippen molar-refractivity contribution in [3.8, 4) is 11.5 Å². The van der Waals surface area contributed by atoms with E-state index in [-0.39, 0.29) is 23.7 Å². The Morgan fingerprint density at radius 1 is 0.800 bits per heavy atom. The van der Waals surface area contributed by atoms with Gasteiger partial charge in [0.05, 0.1) is 24.6 Å². The molecule has 7 nitrogen and oxygen atoms in total. The highest BCUT2D eigenvalue weighted by atomic mass is 19.1. The Balaban J connectivity index is 1.43. The van der Waals surface area contributed by atoms with Crippen molar-refractivity contribution in [2.45, 2.75) is 25.4 Å². The van der Waals surface area contributed by atoms with E-state index in [1.165, 1.54) is 24.1 Å². The number of halogens is 1. The van der Waals surface area contributed by atoms with Crippen LogP contribution < -0.4 is 9.47 Å².